The summed E-state index contributed by atoms with van der Waals surface area (Å²) >= 11 is 0. The summed E-state index contributed by atoms with van der Waals surface area (Å²) in [7, 11) is 0. The average Bonchev–Trinajstić information content (AvgIpc) is 4.19. The number of hydrogen-bond donors (Lipinski definition) is 3. The Labute approximate surface area is 432 Å². The predicted molar refractivity (Wildman–Crippen MR) is 300 cm³/mol. The van der Waals surface area contributed by atoms with Crippen LogP contribution < -0.4 is 0 Å². The van der Waals surface area contributed by atoms with E-state index in [0.29, 0.717) is 23.7 Å². The molecular formula is C61H87N11. The minimum absolute atomic E-state index is 0.567. The summed E-state index contributed by atoms with van der Waals surface area (Å²) in [6.45, 7) is 23.5. The summed E-state index contributed by atoms with van der Waals surface area (Å²) in [6.07, 6.45) is 38.0. The number of nitrogens with zero attached hydrogens (tertiary/aromatic N) is 8. The Bertz CT molecular complexity index is 2230. The molecule has 386 valence electrons. The zero-order chi connectivity index (χ0) is 50.9. The van der Waals surface area contributed by atoms with Gasteiger partial charge in [0.05, 0.1) is 12.7 Å². The number of aliphatic imine (C=N–C) groups is 1. The molecule has 0 amide bonds. The molecule has 0 spiro atoms. The van der Waals surface area contributed by atoms with Crippen LogP contribution in [0.2, 0.25) is 0 Å². The van der Waals surface area contributed by atoms with E-state index in [4.69, 9.17) is 0 Å². The van der Waals surface area contributed by atoms with Crippen molar-refractivity contribution in [3.63, 3.8) is 0 Å². The zero-order valence-electron chi connectivity index (χ0n) is 45.1. The maximum atomic E-state index is 4.00. The van der Waals surface area contributed by atoms with Gasteiger partial charge in [0.1, 0.15) is 0 Å². The number of imidazole rings is 2. The second kappa shape index (κ2) is 29.8. The van der Waals surface area contributed by atoms with E-state index in [1.807, 2.05) is 37.1 Å². The van der Waals surface area contributed by atoms with E-state index < -0.39 is 0 Å². The number of aromatic amines is 3. The van der Waals surface area contributed by atoms with Crippen LogP contribution in [-0.4, -0.2) is 54.0 Å². The van der Waals surface area contributed by atoms with Gasteiger partial charge in [-0.25, -0.2) is 9.97 Å². The van der Waals surface area contributed by atoms with Gasteiger partial charge in [0.15, 0.2) is 0 Å². The zero-order valence-corrected chi connectivity index (χ0v) is 45.1. The minimum atomic E-state index is 0.567. The van der Waals surface area contributed by atoms with Crippen LogP contribution in [0, 0.1) is 5.92 Å². The van der Waals surface area contributed by atoms with E-state index in [9.17, 15) is 0 Å². The highest BCUT2D eigenvalue weighted by Gasteiger charge is 2.10. The molecule has 0 aromatic carbocycles. The van der Waals surface area contributed by atoms with Gasteiger partial charge < -0.3 is 37.8 Å². The van der Waals surface area contributed by atoms with Gasteiger partial charge in [-0.15, -0.1) is 0 Å². The molecule has 0 bridgehead atoms. The normalized spacial score (nSPS) is 14.6. The quantitative estimate of drug-likeness (QED) is 0.163. The predicted octanol–water partition coefficient (Wildman–Crippen LogP) is 14.4. The standard InChI is InChI=1S/5C7H9N.2C7H11N.2C6H10N2/c5*1-3-7-4-2-6-8(7)5-1;1-6(2)7-3-4-8-5-7;1-6(2)7-4-3-5-8-7;2*1-5(2)6-3-7-4-8-6/h5*1,3,5H,2,4,6H2;4-6H,3H2,1-2H3;3-6,8H,1-2H3;2*3-5H,1-2H3,(H,7,8). The molecule has 8 aromatic rings. The van der Waals surface area contributed by atoms with Gasteiger partial charge in [0.25, 0.3) is 0 Å². The van der Waals surface area contributed by atoms with Crippen molar-refractivity contribution in [2.75, 3.05) is 0 Å². The Morgan fingerprint density at radius 3 is 0.931 bits per heavy atom. The van der Waals surface area contributed by atoms with Crippen molar-refractivity contribution < 1.29 is 0 Å². The first-order chi connectivity index (χ1) is 35.0. The van der Waals surface area contributed by atoms with E-state index >= 15 is 0 Å². The fourth-order valence-electron chi connectivity index (χ4n) is 9.24. The molecule has 11 nitrogen and oxygen atoms in total. The Balaban J connectivity index is 0.000000132. The summed E-state index contributed by atoms with van der Waals surface area (Å²) in [5.41, 5.74) is 12.7. The number of hydrogen-bond acceptors (Lipinski definition) is 3. The van der Waals surface area contributed by atoms with Crippen molar-refractivity contribution in [2.45, 2.75) is 176 Å². The average molecular weight is 974 g/mol. The summed E-state index contributed by atoms with van der Waals surface area (Å²) in [5, 5.41) is 0. The van der Waals surface area contributed by atoms with E-state index in [2.05, 4.69) is 206 Å². The second-order valence-electron chi connectivity index (χ2n) is 20.5. The number of nitrogens with one attached hydrogen (secondary N) is 3. The molecule has 6 aliphatic heterocycles. The van der Waals surface area contributed by atoms with Gasteiger partial charge in [-0.2, -0.15) is 0 Å². The molecule has 0 atom stereocenters. The highest BCUT2D eigenvalue weighted by Crippen LogP contribution is 2.18. The third-order valence-electron chi connectivity index (χ3n) is 13.7. The molecular weight excluding hydrogens is 887 g/mol. The molecule has 0 unspecified atom stereocenters. The number of H-pyrrole nitrogens is 3. The van der Waals surface area contributed by atoms with E-state index in [1.54, 1.807) is 12.7 Å². The van der Waals surface area contributed by atoms with Crippen molar-refractivity contribution in [1.29, 1.82) is 0 Å². The first-order valence-corrected chi connectivity index (χ1v) is 27.1. The molecule has 3 N–H and O–H groups in total. The molecule has 0 fully saturated rings. The summed E-state index contributed by atoms with van der Waals surface area (Å²) in [5.74, 6) is 2.44. The lowest BCUT2D eigenvalue weighted by atomic mass is 10.0. The molecule has 0 aliphatic carbocycles. The van der Waals surface area contributed by atoms with Crippen molar-refractivity contribution in [2.24, 2.45) is 10.9 Å². The maximum Gasteiger partial charge on any atom is 0.0921 e. The van der Waals surface area contributed by atoms with Crippen LogP contribution in [0.4, 0.5) is 0 Å². The van der Waals surface area contributed by atoms with Gasteiger partial charge in [0.2, 0.25) is 0 Å². The third-order valence-corrected chi connectivity index (χ3v) is 13.7. The number of allylic oxidation sites excluding steroid dienone is 1. The smallest absolute Gasteiger partial charge is 0.0921 e. The SMILES string of the molecule is CC(C)C1=CN=CC1.CC(C)c1ccc[nH]1.CC(C)c1cnc[nH]1.CC(C)c1cnc[nH]1.c1cc2n(c1)CCC2.c1cc2n(c1)CCC2.c1cc2n(c1)CCC2.c1cc2n(c1)CCC2.c1cc2n(c1)CCC2. The fourth-order valence-corrected chi connectivity index (χ4v) is 9.24. The monoisotopic (exact) mass is 974 g/mol. The van der Waals surface area contributed by atoms with Crippen LogP contribution in [-0.2, 0) is 64.8 Å². The van der Waals surface area contributed by atoms with Crippen molar-refractivity contribution in [3.05, 3.63) is 192 Å². The highest BCUT2D eigenvalue weighted by atomic mass is 15.0. The van der Waals surface area contributed by atoms with E-state index in [-0.39, 0.29) is 0 Å². The molecule has 0 radical (unpaired) electrons. The lowest BCUT2D eigenvalue weighted by Gasteiger charge is -2.01. The second-order valence-corrected chi connectivity index (χ2v) is 20.5. The minimum Gasteiger partial charge on any atom is -0.365 e. The molecule has 0 saturated heterocycles. The number of aryl methyl sites for hydroxylation is 10. The number of aromatic nitrogens is 10. The van der Waals surface area contributed by atoms with Crippen LogP contribution in [0.1, 0.15) is 157 Å². The van der Waals surface area contributed by atoms with Crippen LogP contribution >= 0.6 is 0 Å². The van der Waals surface area contributed by atoms with E-state index in [1.165, 1.54) is 148 Å². The van der Waals surface area contributed by atoms with Crippen LogP contribution in [0.5, 0.6) is 0 Å². The van der Waals surface area contributed by atoms with Gasteiger partial charge in [-0.3, -0.25) is 4.99 Å². The van der Waals surface area contributed by atoms with Gasteiger partial charge in [-0.1, -0.05) is 55.4 Å². The molecule has 6 aliphatic rings. The third kappa shape index (κ3) is 18.0. The van der Waals surface area contributed by atoms with Gasteiger partial charge in [-0.05, 0) is 166 Å². The van der Waals surface area contributed by atoms with Crippen molar-refractivity contribution in [1.82, 2.24) is 47.8 Å². The Kier molecular flexibility index (Phi) is 22.7. The lowest BCUT2D eigenvalue weighted by molar-refractivity contribution is 0.750. The first-order valence-electron chi connectivity index (χ1n) is 27.1. The van der Waals surface area contributed by atoms with Crippen LogP contribution in [0.3, 0.4) is 0 Å². The topological polar surface area (TPSA) is 110 Å². The fraction of sp³-hybridized carbons (Fsp3) is 0.459. The Morgan fingerprint density at radius 1 is 0.403 bits per heavy atom. The molecule has 8 aromatic heterocycles. The molecule has 11 heteroatoms. The van der Waals surface area contributed by atoms with E-state index in [0.717, 1.165) is 6.42 Å². The number of rotatable bonds is 4. The van der Waals surface area contributed by atoms with Gasteiger partial charge >= 0.3 is 0 Å². The van der Waals surface area contributed by atoms with Gasteiger partial charge in [0, 0.05) is 147 Å². The van der Waals surface area contributed by atoms with Crippen molar-refractivity contribution >= 4 is 6.21 Å². The number of fused-ring (bicyclic) bond motifs is 5. The van der Waals surface area contributed by atoms with Crippen molar-refractivity contribution in [3.8, 4) is 0 Å². The first kappa shape index (κ1) is 54.8. The van der Waals surface area contributed by atoms with Crippen LogP contribution in [0.15, 0.2) is 152 Å². The largest absolute Gasteiger partial charge is 0.365 e. The Hall–Kier alpha value is -6.49. The molecule has 72 heavy (non-hydrogen) atoms. The summed E-state index contributed by atoms with van der Waals surface area (Å²) in [4.78, 5) is 21.0. The highest BCUT2D eigenvalue weighted by molar-refractivity contribution is 5.65. The molecule has 0 saturated carbocycles. The Morgan fingerprint density at radius 2 is 0.750 bits per heavy atom. The maximum absolute atomic E-state index is 4.00. The molecule has 14 rings (SSSR count). The summed E-state index contributed by atoms with van der Waals surface area (Å²) < 4.78 is 11.6. The molecule has 14 heterocycles. The van der Waals surface area contributed by atoms with Crippen LogP contribution in [0.25, 0.3) is 0 Å². The lowest BCUT2D eigenvalue weighted by Crippen LogP contribution is -1.89. The summed E-state index contributed by atoms with van der Waals surface area (Å²) in [6, 6.07) is 25.7.